The molecule has 4 rings (SSSR count). The molecule has 1 unspecified atom stereocenters. The molecule has 0 saturated heterocycles. The van der Waals surface area contributed by atoms with Gasteiger partial charge in [-0.2, -0.15) is 0 Å². The van der Waals surface area contributed by atoms with Crippen LogP contribution in [0.1, 0.15) is 22.9 Å². The minimum atomic E-state index is -0.0507. The summed E-state index contributed by atoms with van der Waals surface area (Å²) < 4.78 is 0. The number of fused-ring (bicyclic) bond motifs is 1. The van der Waals surface area contributed by atoms with Crippen LogP contribution in [0.15, 0.2) is 95.9 Å². The van der Waals surface area contributed by atoms with Gasteiger partial charge >= 0.3 is 0 Å². The highest BCUT2D eigenvalue weighted by Gasteiger charge is 2.22. The number of aromatic nitrogens is 1. The molecule has 4 aromatic rings. The van der Waals surface area contributed by atoms with Crippen LogP contribution >= 0.6 is 0 Å². The van der Waals surface area contributed by atoms with Crippen molar-refractivity contribution in [1.29, 1.82) is 0 Å². The summed E-state index contributed by atoms with van der Waals surface area (Å²) in [5.74, 6) is 0. The highest BCUT2D eigenvalue weighted by Crippen LogP contribution is 2.32. The Balaban J connectivity index is 1.84. The number of hydrogen-bond acceptors (Lipinski definition) is 2. The Labute approximate surface area is 158 Å². The summed E-state index contributed by atoms with van der Waals surface area (Å²) in [5, 5.41) is 2.40. The van der Waals surface area contributed by atoms with Crippen LogP contribution in [0, 0.1) is 0 Å². The van der Waals surface area contributed by atoms with Gasteiger partial charge in [0.2, 0.25) is 0 Å². The van der Waals surface area contributed by atoms with Crippen molar-refractivity contribution in [3.8, 4) is 0 Å². The van der Waals surface area contributed by atoms with E-state index in [0.717, 1.165) is 12.2 Å². The smallest absolute Gasteiger partial charge is 0.181 e. The van der Waals surface area contributed by atoms with Crippen molar-refractivity contribution in [2.24, 2.45) is 0 Å². The first-order chi connectivity index (χ1) is 13.2. The van der Waals surface area contributed by atoms with Gasteiger partial charge in [-0.15, -0.1) is 0 Å². The zero-order valence-electron chi connectivity index (χ0n) is 15.3. The maximum absolute atomic E-state index is 12.0. The van der Waals surface area contributed by atoms with Gasteiger partial charge < -0.3 is 4.98 Å². The van der Waals surface area contributed by atoms with Crippen LogP contribution in [0.3, 0.4) is 0 Å². The van der Waals surface area contributed by atoms with E-state index < -0.39 is 0 Å². The Kier molecular flexibility index (Phi) is 4.86. The fraction of sp³-hybridized carbons (Fsp3) is 0.125. The number of nitrogens with zero attached hydrogens (tertiary/aromatic N) is 1. The van der Waals surface area contributed by atoms with Crippen LogP contribution in [-0.2, 0) is 6.54 Å². The Morgan fingerprint density at radius 3 is 2.44 bits per heavy atom. The first-order valence-corrected chi connectivity index (χ1v) is 9.13. The number of benzene rings is 3. The predicted octanol–water partition coefficient (Wildman–Crippen LogP) is 4.75. The number of H-pyrrole nitrogens is 1. The Bertz CT molecular complexity index is 1100. The normalized spacial score (nSPS) is 12.4. The molecule has 3 aromatic carbocycles. The van der Waals surface area contributed by atoms with Gasteiger partial charge in [0.05, 0.1) is 6.04 Å². The summed E-state index contributed by atoms with van der Waals surface area (Å²) >= 11 is 0. The minimum absolute atomic E-state index is 0.0158. The standard InChI is InChI=1S/C24H22N2O/c1-26(17-18-8-3-2-4-9-18)24(23-16-20(27)14-15-25-23)22-13-7-11-19-10-5-6-12-21(19)22/h2-16,24H,17H2,1H3,(H,25,27). The third-order valence-electron chi connectivity index (χ3n) is 4.92. The van der Waals surface area contributed by atoms with Crippen LogP contribution < -0.4 is 5.43 Å². The summed E-state index contributed by atoms with van der Waals surface area (Å²) in [6, 6.07) is 28.4. The Morgan fingerprint density at radius 2 is 1.63 bits per heavy atom. The topological polar surface area (TPSA) is 36.1 Å². The predicted molar refractivity (Wildman–Crippen MR) is 111 cm³/mol. The molecule has 0 aliphatic rings. The first-order valence-electron chi connectivity index (χ1n) is 9.13. The van der Waals surface area contributed by atoms with Crippen LogP contribution in [-0.4, -0.2) is 16.9 Å². The van der Waals surface area contributed by atoms with E-state index in [2.05, 4.69) is 83.7 Å². The molecule has 1 N–H and O–H groups in total. The molecule has 0 spiro atoms. The fourth-order valence-corrected chi connectivity index (χ4v) is 3.71. The second-order valence-electron chi connectivity index (χ2n) is 6.85. The van der Waals surface area contributed by atoms with E-state index in [1.807, 2.05) is 6.07 Å². The van der Waals surface area contributed by atoms with Crippen molar-refractivity contribution in [2.45, 2.75) is 12.6 Å². The lowest BCUT2D eigenvalue weighted by atomic mass is 9.95. The molecule has 0 aliphatic heterocycles. The summed E-state index contributed by atoms with van der Waals surface area (Å²) in [6.45, 7) is 0.783. The van der Waals surface area contributed by atoms with Crippen molar-refractivity contribution in [1.82, 2.24) is 9.88 Å². The molecule has 1 aromatic heterocycles. The summed E-state index contributed by atoms with van der Waals surface area (Å²) in [6.07, 6.45) is 1.73. The molecule has 0 fully saturated rings. The molecule has 27 heavy (non-hydrogen) atoms. The third kappa shape index (κ3) is 3.69. The molecule has 1 atom stereocenters. The van der Waals surface area contributed by atoms with Crippen molar-refractivity contribution < 1.29 is 0 Å². The van der Waals surface area contributed by atoms with Gasteiger partial charge in [0.25, 0.3) is 0 Å². The average molecular weight is 354 g/mol. The molecule has 3 nitrogen and oxygen atoms in total. The lowest BCUT2D eigenvalue weighted by molar-refractivity contribution is 0.267. The zero-order valence-corrected chi connectivity index (χ0v) is 15.3. The number of pyridine rings is 1. The van der Waals surface area contributed by atoms with Gasteiger partial charge in [-0.1, -0.05) is 72.8 Å². The SMILES string of the molecule is CN(Cc1ccccc1)C(c1cc(=O)cc[nH]1)c1cccc2ccccc12. The number of aromatic amines is 1. The minimum Gasteiger partial charge on any atom is -0.363 e. The average Bonchev–Trinajstić information content (AvgIpc) is 2.69. The molecule has 0 radical (unpaired) electrons. The van der Waals surface area contributed by atoms with Crippen LogP contribution in [0.4, 0.5) is 0 Å². The quantitative estimate of drug-likeness (QED) is 0.561. The number of hydrogen-bond donors (Lipinski definition) is 1. The second kappa shape index (κ2) is 7.60. The maximum Gasteiger partial charge on any atom is 0.181 e. The summed E-state index contributed by atoms with van der Waals surface area (Å²) in [5.41, 5.74) is 3.34. The van der Waals surface area contributed by atoms with Crippen molar-refractivity contribution in [2.75, 3.05) is 7.05 Å². The summed E-state index contributed by atoms with van der Waals surface area (Å²) in [4.78, 5) is 17.6. The maximum atomic E-state index is 12.0. The van der Waals surface area contributed by atoms with Crippen LogP contribution in [0.2, 0.25) is 0 Å². The van der Waals surface area contributed by atoms with Crippen molar-refractivity contribution in [3.63, 3.8) is 0 Å². The van der Waals surface area contributed by atoms with E-state index in [0.29, 0.717) is 0 Å². The van der Waals surface area contributed by atoms with Gasteiger partial charge in [0.1, 0.15) is 0 Å². The fourth-order valence-electron chi connectivity index (χ4n) is 3.71. The van der Waals surface area contributed by atoms with E-state index >= 15 is 0 Å². The third-order valence-corrected chi connectivity index (χ3v) is 4.92. The Hall–Kier alpha value is -3.17. The molecule has 134 valence electrons. The van der Waals surface area contributed by atoms with E-state index in [-0.39, 0.29) is 11.5 Å². The molecule has 0 bridgehead atoms. The molecule has 0 saturated carbocycles. The molecule has 0 aliphatic carbocycles. The number of nitrogens with one attached hydrogen (secondary N) is 1. The lowest BCUT2D eigenvalue weighted by Crippen LogP contribution is -2.27. The highest BCUT2D eigenvalue weighted by molar-refractivity contribution is 5.86. The largest absolute Gasteiger partial charge is 0.363 e. The van der Waals surface area contributed by atoms with E-state index in [1.54, 1.807) is 18.3 Å². The highest BCUT2D eigenvalue weighted by atomic mass is 16.1. The van der Waals surface area contributed by atoms with Gasteiger partial charge in [-0.25, -0.2) is 0 Å². The van der Waals surface area contributed by atoms with Gasteiger partial charge in [-0.05, 0) is 28.9 Å². The molecular formula is C24H22N2O. The second-order valence-corrected chi connectivity index (χ2v) is 6.85. The molecule has 1 heterocycles. The van der Waals surface area contributed by atoms with E-state index in [9.17, 15) is 4.79 Å². The van der Waals surface area contributed by atoms with Crippen molar-refractivity contribution in [3.05, 3.63) is 118 Å². The summed E-state index contributed by atoms with van der Waals surface area (Å²) in [7, 11) is 2.10. The van der Waals surface area contributed by atoms with Crippen molar-refractivity contribution >= 4 is 10.8 Å². The first kappa shape index (κ1) is 17.3. The van der Waals surface area contributed by atoms with E-state index in [4.69, 9.17) is 0 Å². The van der Waals surface area contributed by atoms with Gasteiger partial charge in [0, 0.05) is 30.6 Å². The van der Waals surface area contributed by atoms with Gasteiger partial charge in [0.15, 0.2) is 5.43 Å². The lowest BCUT2D eigenvalue weighted by Gasteiger charge is -2.29. The zero-order chi connectivity index (χ0) is 18.6. The van der Waals surface area contributed by atoms with E-state index in [1.165, 1.54) is 21.9 Å². The molecule has 0 amide bonds. The number of rotatable bonds is 5. The molecular weight excluding hydrogens is 332 g/mol. The monoisotopic (exact) mass is 354 g/mol. The Morgan fingerprint density at radius 1 is 0.889 bits per heavy atom. The van der Waals surface area contributed by atoms with Gasteiger partial charge in [-0.3, -0.25) is 9.69 Å². The van der Waals surface area contributed by atoms with Crippen LogP contribution in [0.5, 0.6) is 0 Å². The molecule has 3 heteroatoms. The van der Waals surface area contributed by atoms with Crippen LogP contribution in [0.25, 0.3) is 10.8 Å².